The minimum Gasteiger partial charge on any atom is -0.326 e. The van der Waals surface area contributed by atoms with Gasteiger partial charge >= 0.3 is 6.18 Å². The molecular weight excluding hydrogens is 400 g/mol. The van der Waals surface area contributed by atoms with Gasteiger partial charge in [0.2, 0.25) is 5.91 Å². The fourth-order valence-electron chi connectivity index (χ4n) is 2.04. The van der Waals surface area contributed by atoms with E-state index in [1.807, 2.05) is 0 Å². The van der Waals surface area contributed by atoms with E-state index >= 15 is 0 Å². The van der Waals surface area contributed by atoms with Crippen LogP contribution in [0.2, 0.25) is 5.02 Å². The van der Waals surface area contributed by atoms with E-state index in [-0.39, 0.29) is 10.7 Å². The third-order valence-corrected chi connectivity index (χ3v) is 4.71. The second kappa shape index (κ2) is 7.12. The summed E-state index contributed by atoms with van der Waals surface area (Å²) >= 11 is 5.53. The highest BCUT2D eigenvalue weighted by Gasteiger charge is 2.35. The molecule has 2 aromatic rings. The number of hydrogen-bond acceptors (Lipinski definition) is 3. The first-order valence-electron chi connectivity index (χ1n) is 6.87. The Labute approximate surface area is 151 Å². The van der Waals surface area contributed by atoms with Gasteiger partial charge in [-0.25, -0.2) is 12.8 Å². The molecule has 0 bridgehead atoms. The Morgan fingerprint density at radius 2 is 1.77 bits per heavy atom. The Kier molecular flexibility index (Phi) is 5.47. The molecule has 140 valence electrons. The van der Waals surface area contributed by atoms with Crippen LogP contribution in [0.5, 0.6) is 0 Å². The van der Waals surface area contributed by atoms with Gasteiger partial charge in [0.15, 0.2) is 0 Å². The van der Waals surface area contributed by atoms with Gasteiger partial charge in [0.1, 0.15) is 10.7 Å². The molecule has 0 spiro atoms. The zero-order valence-corrected chi connectivity index (χ0v) is 14.6. The molecule has 0 fully saturated rings. The highest BCUT2D eigenvalue weighted by atomic mass is 35.5. The van der Waals surface area contributed by atoms with Crippen molar-refractivity contribution < 1.29 is 30.8 Å². The fourth-order valence-corrected chi connectivity index (χ4v) is 3.34. The molecule has 2 N–H and O–H groups in total. The van der Waals surface area contributed by atoms with E-state index in [2.05, 4.69) is 5.32 Å². The molecule has 2 rings (SSSR count). The van der Waals surface area contributed by atoms with E-state index in [9.17, 15) is 30.8 Å². The first kappa shape index (κ1) is 20.0. The lowest BCUT2D eigenvalue weighted by Crippen LogP contribution is -2.19. The molecule has 0 radical (unpaired) electrons. The Morgan fingerprint density at radius 3 is 2.31 bits per heavy atom. The minimum atomic E-state index is -4.93. The Bertz CT molecular complexity index is 962. The van der Waals surface area contributed by atoms with Gasteiger partial charge in [0.05, 0.1) is 11.3 Å². The fraction of sp³-hybridized carbons (Fsp3) is 0.133. The lowest BCUT2D eigenvalue weighted by atomic mass is 10.1. The molecule has 11 heteroatoms. The van der Waals surface area contributed by atoms with E-state index in [1.165, 1.54) is 0 Å². The number of benzene rings is 2. The molecule has 0 unspecified atom stereocenters. The molecule has 0 heterocycles. The number of halogens is 5. The van der Waals surface area contributed by atoms with Crippen molar-refractivity contribution in [3.05, 3.63) is 52.8 Å². The predicted octanol–water partition coefficient (Wildman–Crippen LogP) is 4.26. The summed E-state index contributed by atoms with van der Waals surface area (Å²) < 4.78 is 79.7. The van der Waals surface area contributed by atoms with E-state index in [0.29, 0.717) is 6.07 Å². The Balaban J connectivity index is 2.49. The third kappa shape index (κ3) is 4.64. The summed E-state index contributed by atoms with van der Waals surface area (Å²) in [5.41, 5.74) is -2.34. The van der Waals surface area contributed by atoms with Gasteiger partial charge in [-0.15, -0.1) is 0 Å². The van der Waals surface area contributed by atoms with E-state index in [0.717, 1.165) is 37.3 Å². The van der Waals surface area contributed by atoms with Crippen molar-refractivity contribution >= 4 is 38.9 Å². The normalized spacial score (nSPS) is 11.9. The third-order valence-electron chi connectivity index (χ3n) is 3.07. The molecule has 5 nitrogen and oxygen atoms in total. The maximum Gasteiger partial charge on any atom is 0.418 e. The van der Waals surface area contributed by atoms with Crippen molar-refractivity contribution in [3.63, 3.8) is 0 Å². The number of amides is 1. The summed E-state index contributed by atoms with van der Waals surface area (Å²) in [4.78, 5) is 10.1. The van der Waals surface area contributed by atoms with Crippen molar-refractivity contribution in [2.45, 2.75) is 18.0 Å². The number of carbonyl (C=O) groups is 1. The van der Waals surface area contributed by atoms with Crippen molar-refractivity contribution in [2.24, 2.45) is 0 Å². The molecule has 0 saturated heterocycles. The summed E-state index contributed by atoms with van der Waals surface area (Å²) in [6, 6.07) is 5.10. The topological polar surface area (TPSA) is 75.3 Å². The number of carbonyl (C=O) groups excluding carboxylic acids is 1. The number of anilines is 2. The first-order valence-corrected chi connectivity index (χ1v) is 8.73. The first-order chi connectivity index (χ1) is 11.9. The van der Waals surface area contributed by atoms with Crippen molar-refractivity contribution in [2.75, 3.05) is 10.0 Å². The molecule has 1 amide bonds. The lowest BCUT2D eigenvalue weighted by molar-refractivity contribution is -0.136. The monoisotopic (exact) mass is 410 g/mol. The average molecular weight is 411 g/mol. The number of hydrogen-bond donors (Lipinski definition) is 2. The molecule has 0 atom stereocenters. The van der Waals surface area contributed by atoms with Crippen molar-refractivity contribution in [1.29, 1.82) is 0 Å². The summed E-state index contributed by atoms with van der Waals surface area (Å²) in [5, 5.41) is 2.09. The zero-order chi connectivity index (χ0) is 19.7. The largest absolute Gasteiger partial charge is 0.418 e. The van der Waals surface area contributed by atoms with Gasteiger partial charge in [0, 0.05) is 17.6 Å². The highest BCUT2D eigenvalue weighted by molar-refractivity contribution is 7.92. The molecule has 0 aliphatic heterocycles. The van der Waals surface area contributed by atoms with E-state index in [4.69, 9.17) is 11.6 Å². The van der Waals surface area contributed by atoms with Gasteiger partial charge in [0.25, 0.3) is 10.0 Å². The van der Waals surface area contributed by atoms with Gasteiger partial charge in [-0.3, -0.25) is 9.52 Å². The van der Waals surface area contributed by atoms with Gasteiger partial charge in [-0.05, 0) is 36.4 Å². The van der Waals surface area contributed by atoms with Gasteiger partial charge in [-0.2, -0.15) is 13.2 Å². The number of sulfonamides is 1. The van der Waals surface area contributed by atoms with Gasteiger partial charge in [-0.1, -0.05) is 11.6 Å². The second-order valence-corrected chi connectivity index (χ2v) is 7.21. The van der Waals surface area contributed by atoms with E-state index in [1.54, 1.807) is 4.72 Å². The quantitative estimate of drug-likeness (QED) is 0.740. The smallest absolute Gasteiger partial charge is 0.326 e. The van der Waals surface area contributed by atoms with Crippen LogP contribution in [0, 0.1) is 5.82 Å². The summed E-state index contributed by atoms with van der Waals surface area (Å²) in [5.74, 6) is -1.82. The molecular formula is C15H11ClF4N2O3S. The molecule has 2 aromatic carbocycles. The lowest BCUT2D eigenvalue weighted by Gasteiger charge is -2.16. The standard InChI is InChI=1S/C15H11ClF4N2O3S/c1-8(23)21-10-3-4-13(11(7-10)15(18,19)20)22-26(24,25)14-5-2-9(16)6-12(14)17/h2-7,22H,1H3,(H,21,23). The summed E-state index contributed by atoms with van der Waals surface area (Å²) in [6.07, 6.45) is -4.93. The highest BCUT2D eigenvalue weighted by Crippen LogP contribution is 2.37. The molecule has 26 heavy (non-hydrogen) atoms. The maximum absolute atomic E-state index is 13.8. The van der Waals surface area contributed by atoms with Crippen molar-refractivity contribution in [1.82, 2.24) is 0 Å². The van der Waals surface area contributed by atoms with Crippen LogP contribution in [0.1, 0.15) is 12.5 Å². The van der Waals surface area contributed by atoms with Crippen LogP contribution in [-0.4, -0.2) is 14.3 Å². The summed E-state index contributed by atoms with van der Waals surface area (Å²) in [6.45, 7) is 1.10. The maximum atomic E-state index is 13.8. The van der Waals surface area contributed by atoms with Crippen molar-refractivity contribution in [3.8, 4) is 0 Å². The molecule has 0 saturated carbocycles. The average Bonchev–Trinajstić information content (AvgIpc) is 2.46. The van der Waals surface area contributed by atoms with Crippen LogP contribution < -0.4 is 10.0 Å². The Hall–Kier alpha value is -2.33. The number of nitrogens with one attached hydrogen (secondary N) is 2. The molecule has 0 aliphatic rings. The summed E-state index contributed by atoms with van der Waals surface area (Å²) in [7, 11) is -4.65. The minimum absolute atomic E-state index is 0.0721. The van der Waals surface area contributed by atoms with Crippen LogP contribution in [0.3, 0.4) is 0 Å². The number of alkyl halides is 3. The number of rotatable bonds is 4. The van der Waals surface area contributed by atoms with E-state index < -0.39 is 44.1 Å². The van der Waals surface area contributed by atoms with Crippen LogP contribution >= 0.6 is 11.6 Å². The molecule has 0 aliphatic carbocycles. The molecule has 0 aromatic heterocycles. The zero-order valence-electron chi connectivity index (χ0n) is 13.0. The second-order valence-electron chi connectivity index (χ2n) is 5.12. The van der Waals surface area contributed by atoms with Crippen LogP contribution in [-0.2, 0) is 21.0 Å². The van der Waals surface area contributed by atoms with Crippen LogP contribution in [0.15, 0.2) is 41.3 Å². The van der Waals surface area contributed by atoms with Crippen LogP contribution in [0.25, 0.3) is 0 Å². The Morgan fingerprint density at radius 1 is 1.12 bits per heavy atom. The SMILES string of the molecule is CC(=O)Nc1ccc(NS(=O)(=O)c2ccc(Cl)cc2F)c(C(F)(F)F)c1. The predicted molar refractivity (Wildman–Crippen MR) is 88.0 cm³/mol. The van der Waals surface area contributed by atoms with Crippen LogP contribution in [0.4, 0.5) is 28.9 Å². The van der Waals surface area contributed by atoms with Gasteiger partial charge < -0.3 is 5.32 Å².